The first kappa shape index (κ1) is 59.9. The van der Waals surface area contributed by atoms with Crippen LogP contribution < -0.4 is 65.5 Å². The van der Waals surface area contributed by atoms with E-state index in [1.54, 1.807) is 34.0 Å². The number of aliphatic hydroxyl groups excluding tert-OH is 1. The molecule has 0 aliphatic rings. The van der Waals surface area contributed by atoms with Crippen molar-refractivity contribution in [2.75, 3.05) is 18.6 Å². The van der Waals surface area contributed by atoms with Crippen LogP contribution in [0, 0.1) is 11.8 Å². The van der Waals surface area contributed by atoms with E-state index in [0.29, 0.717) is 0 Å². The van der Waals surface area contributed by atoms with Crippen molar-refractivity contribution in [2.45, 2.75) is 141 Å². The number of amides is 11. The molecule has 0 fully saturated rings. The summed E-state index contributed by atoms with van der Waals surface area (Å²) in [6.45, 7) is 8.59. The van der Waals surface area contributed by atoms with Crippen LogP contribution in [0.5, 0.6) is 0 Å². The van der Waals surface area contributed by atoms with Crippen molar-refractivity contribution in [3.8, 4) is 0 Å². The lowest BCUT2D eigenvalue weighted by Gasteiger charge is -2.27. The monoisotopic (exact) mass is 960 g/mol. The molecule has 0 spiro atoms. The second-order valence-electron chi connectivity index (χ2n) is 16.4. The lowest BCUT2D eigenvalue weighted by Crippen LogP contribution is -2.60. The van der Waals surface area contributed by atoms with Crippen LogP contribution in [-0.4, -0.2) is 154 Å². The highest BCUT2D eigenvalue weighted by atomic mass is 32.2. The summed E-state index contributed by atoms with van der Waals surface area (Å²) in [6, 6.07) is -11.6. The van der Waals surface area contributed by atoms with Gasteiger partial charge in [-0.15, -0.1) is 0 Å². The van der Waals surface area contributed by atoms with Crippen LogP contribution in [0.3, 0.4) is 0 Å². The third kappa shape index (κ3) is 24.3. The lowest BCUT2D eigenvalue weighted by atomic mass is 10.0. The minimum absolute atomic E-state index is 0.0220. The molecular formula is C39H68N12O14S. The molecule has 0 aromatic heterocycles. The van der Waals surface area contributed by atoms with Gasteiger partial charge in [0.1, 0.15) is 42.3 Å². The van der Waals surface area contributed by atoms with E-state index in [1.165, 1.54) is 25.6 Å². The largest absolute Gasteiger partial charge is 0.480 e. The molecule has 0 unspecified atom stereocenters. The van der Waals surface area contributed by atoms with Gasteiger partial charge in [0.25, 0.3) is 0 Å². The van der Waals surface area contributed by atoms with Gasteiger partial charge < -0.3 is 75.7 Å². The molecule has 0 bridgehead atoms. The summed E-state index contributed by atoms with van der Waals surface area (Å²) in [5.41, 5.74) is 21.4. The third-order valence-corrected chi connectivity index (χ3v) is 9.91. The smallest absolute Gasteiger partial charge is 0.326 e. The number of thioether (sulfide) groups is 1. The summed E-state index contributed by atoms with van der Waals surface area (Å²) in [7, 11) is 0. The molecule has 0 heterocycles. The van der Waals surface area contributed by atoms with Gasteiger partial charge in [0.15, 0.2) is 0 Å². The van der Waals surface area contributed by atoms with Gasteiger partial charge in [0.05, 0.1) is 31.5 Å². The Balaban J connectivity index is 6.01. The zero-order valence-corrected chi connectivity index (χ0v) is 39.0. The predicted octanol–water partition coefficient (Wildman–Crippen LogP) is -5.83. The molecule has 9 atom stereocenters. The van der Waals surface area contributed by atoms with E-state index in [4.69, 9.17) is 22.9 Å². The Bertz CT molecular complexity index is 1750. The van der Waals surface area contributed by atoms with Crippen molar-refractivity contribution >= 4 is 82.7 Å². The molecule has 0 saturated carbocycles. The Hall–Kier alpha value is -6.09. The van der Waals surface area contributed by atoms with E-state index in [9.17, 15) is 67.7 Å². The zero-order valence-electron chi connectivity index (χ0n) is 38.2. The topological polar surface area (TPSA) is 446 Å². The summed E-state index contributed by atoms with van der Waals surface area (Å²) >= 11 is 1.28. The maximum atomic E-state index is 13.7. The van der Waals surface area contributed by atoms with Crippen molar-refractivity contribution < 1.29 is 67.7 Å². The molecular weight excluding hydrogens is 893 g/mol. The van der Waals surface area contributed by atoms with Crippen molar-refractivity contribution in [1.29, 1.82) is 0 Å². The van der Waals surface area contributed by atoms with Crippen LogP contribution in [0.2, 0.25) is 0 Å². The fourth-order valence-corrected chi connectivity index (χ4v) is 6.34. The third-order valence-electron chi connectivity index (χ3n) is 9.27. The number of nitrogens with one attached hydrogen (secondary N) is 8. The fraction of sp³-hybridized carbons (Fsp3) is 0.692. The quantitative estimate of drug-likeness (QED) is 0.0299. The number of primary amides is 3. The summed E-state index contributed by atoms with van der Waals surface area (Å²) in [5.74, 6) is -11.9. The molecule has 0 aromatic rings. The predicted molar refractivity (Wildman–Crippen MR) is 237 cm³/mol. The zero-order chi connectivity index (χ0) is 51.0. The number of carbonyl (C=O) groups excluding carboxylic acids is 11. The van der Waals surface area contributed by atoms with Crippen LogP contribution >= 0.6 is 11.8 Å². The van der Waals surface area contributed by atoms with Gasteiger partial charge >= 0.3 is 5.97 Å². The highest BCUT2D eigenvalue weighted by Crippen LogP contribution is 2.10. The molecule has 0 aliphatic carbocycles. The minimum Gasteiger partial charge on any atom is -0.480 e. The number of carboxylic acid groups (broad SMARTS) is 1. The number of hydrogen-bond acceptors (Lipinski definition) is 15. The van der Waals surface area contributed by atoms with Gasteiger partial charge in [0.2, 0.25) is 65.0 Å². The van der Waals surface area contributed by atoms with Crippen LogP contribution in [0.25, 0.3) is 0 Å². The first-order chi connectivity index (χ1) is 30.6. The molecule has 0 radical (unpaired) electrons. The number of rotatable bonds is 32. The Morgan fingerprint density at radius 1 is 0.530 bits per heavy atom. The Kier molecular flexibility index (Phi) is 27.4. The average molecular weight is 961 g/mol. The van der Waals surface area contributed by atoms with Crippen molar-refractivity contribution in [1.82, 2.24) is 42.5 Å². The molecule has 66 heavy (non-hydrogen) atoms. The number of carbonyl (C=O) groups is 12. The molecule has 11 amide bonds. The van der Waals surface area contributed by atoms with Gasteiger partial charge in [0, 0.05) is 6.42 Å². The first-order valence-electron chi connectivity index (χ1n) is 21.0. The van der Waals surface area contributed by atoms with Gasteiger partial charge in [-0.2, -0.15) is 11.8 Å². The van der Waals surface area contributed by atoms with Crippen LogP contribution in [0.4, 0.5) is 0 Å². The maximum absolute atomic E-state index is 13.7. The van der Waals surface area contributed by atoms with Crippen LogP contribution in [0.15, 0.2) is 0 Å². The Morgan fingerprint density at radius 3 is 1.48 bits per heavy atom. The number of nitrogens with two attached hydrogens (primary N) is 4. The molecule has 0 aromatic carbocycles. The van der Waals surface area contributed by atoms with Crippen molar-refractivity contribution in [3.05, 3.63) is 0 Å². The lowest BCUT2D eigenvalue weighted by molar-refractivity contribution is -0.143. The van der Waals surface area contributed by atoms with E-state index in [2.05, 4.69) is 42.5 Å². The highest BCUT2D eigenvalue weighted by Gasteiger charge is 2.34. The summed E-state index contributed by atoms with van der Waals surface area (Å²) < 4.78 is 0. The second-order valence-corrected chi connectivity index (χ2v) is 17.4. The molecule has 0 saturated heterocycles. The second kappa shape index (κ2) is 30.2. The van der Waals surface area contributed by atoms with E-state index < -0.39 is 145 Å². The molecule has 27 heteroatoms. The number of carboxylic acids is 1. The SMILES string of the molecule is CSCC[C@H](NC(=O)[C@H](CCC(N)=O)NC(=O)[C@@H](N)CC(N)=O)C(=O)N[C@@H](CC(N)=O)C(=O)N[C@@H](CC(C)C)C(=O)NCC(=O)N[C@@H](C)C(=O)N[C@H](C(=O)N[C@@H](CC(C)C)C(=O)O)[C@@H](C)O. The van der Waals surface area contributed by atoms with Crippen molar-refractivity contribution in [2.24, 2.45) is 34.8 Å². The molecule has 0 rings (SSSR count). The van der Waals surface area contributed by atoms with Crippen LogP contribution in [0.1, 0.15) is 86.5 Å². The molecule has 0 aliphatic heterocycles. The Labute approximate surface area is 386 Å². The van der Waals surface area contributed by atoms with Gasteiger partial charge in [-0.05, 0) is 63.4 Å². The van der Waals surface area contributed by atoms with E-state index in [0.717, 1.165) is 0 Å². The van der Waals surface area contributed by atoms with E-state index in [1.807, 2.05) is 0 Å². The average Bonchev–Trinajstić information content (AvgIpc) is 3.19. The number of aliphatic carboxylic acids is 1. The van der Waals surface area contributed by atoms with Gasteiger partial charge in [-0.25, -0.2) is 4.79 Å². The summed E-state index contributed by atoms with van der Waals surface area (Å²) in [6.07, 6.45) is -1.85. The van der Waals surface area contributed by atoms with Crippen molar-refractivity contribution in [3.63, 3.8) is 0 Å². The first-order valence-corrected chi connectivity index (χ1v) is 22.4. The minimum atomic E-state index is -1.70. The number of aliphatic hydroxyl groups is 1. The van der Waals surface area contributed by atoms with Gasteiger partial charge in [-0.3, -0.25) is 52.7 Å². The maximum Gasteiger partial charge on any atom is 0.326 e. The molecule has 26 nitrogen and oxygen atoms in total. The molecule has 374 valence electrons. The van der Waals surface area contributed by atoms with Crippen LogP contribution in [-0.2, 0) is 57.5 Å². The van der Waals surface area contributed by atoms with Gasteiger partial charge in [-0.1, -0.05) is 27.7 Å². The van der Waals surface area contributed by atoms with E-state index in [-0.39, 0.29) is 49.7 Å². The summed E-state index contributed by atoms with van der Waals surface area (Å²) in [4.78, 5) is 152. The Morgan fingerprint density at radius 2 is 1.00 bits per heavy atom. The normalized spacial score (nSPS) is 15.1. The number of hydrogen-bond donors (Lipinski definition) is 14. The fourth-order valence-electron chi connectivity index (χ4n) is 5.86. The van der Waals surface area contributed by atoms with E-state index >= 15 is 0 Å². The highest BCUT2D eigenvalue weighted by molar-refractivity contribution is 7.98. The standard InChI is InChI=1S/C39H68N12O14S/c1-17(2)12-24(34(59)44-16-30(56)45-19(5)32(57)51-31(20(6)52)38(63)50-26(39(64)65)13-18(3)4)48-37(62)25(15-29(43)55)49-36(61)23(10-11-66-7)47-35(60)22(8-9-27(41)53)46-33(58)21(40)14-28(42)54/h17-26,31,52H,8-16,40H2,1-7H3,(H2,41,53)(H2,42,54)(H2,43,55)(H,44,59)(H,45,56)(H,46,58)(H,47,60)(H,48,62)(H,49,61)(H,50,63)(H,51,57)(H,64,65)/t19-,20+,21-,22-,23-,24-,25-,26-,31-/m0/s1. The summed E-state index contributed by atoms with van der Waals surface area (Å²) in [5, 5.41) is 38.3. The molecule has 18 N–H and O–H groups in total.